The Hall–Kier alpha value is 0.01000. The topological polar surface area (TPSA) is 0 Å². The van der Waals surface area contributed by atoms with E-state index in [4.69, 9.17) is 0 Å². The Morgan fingerprint density at radius 3 is 1.88 bits per heavy atom. The average molecular weight is 280 g/mol. The third-order valence-electron chi connectivity index (χ3n) is 3.36. The van der Waals surface area contributed by atoms with E-state index >= 15 is 0 Å². The lowest BCUT2D eigenvalue weighted by atomic mass is 9.91. The van der Waals surface area contributed by atoms with Crippen molar-refractivity contribution in [3.63, 3.8) is 0 Å². The van der Waals surface area contributed by atoms with Crippen molar-refractivity contribution in [1.29, 1.82) is 0 Å². The zero-order chi connectivity index (χ0) is 12.3. The predicted molar refractivity (Wildman–Crippen MR) is 80.6 cm³/mol. The van der Waals surface area contributed by atoms with Crippen molar-refractivity contribution in [1.82, 2.24) is 0 Å². The standard InChI is InChI=1S/C14H16S3/c1-9(2)12-13(3,4)14(17-12)15-10-7-5-6-8-11(10)16-14/h5-8H,1-4H3. The maximum absolute atomic E-state index is 2.39. The summed E-state index contributed by atoms with van der Waals surface area (Å²) >= 11 is 6.15. The molecule has 0 atom stereocenters. The van der Waals surface area contributed by atoms with Crippen molar-refractivity contribution in [3.8, 4) is 0 Å². The molecule has 0 bridgehead atoms. The highest BCUT2D eigenvalue weighted by molar-refractivity contribution is 8.37. The minimum atomic E-state index is 0.267. The SMILES string of the molecule is CC(C)=C1SC2(Sc3ccccc3S2)C1(C)C. The van der Waals surface area contributed by atoms with Gasteiger partial charge in [0.25, 0.3) is 0 Å². The molecule has 0 radical (unpaired) electrons. The van der Waals surface area contributed by atoms with Gasteiger partial charge < -0.3 is 0 Å². The third-order valence-corrected chi connectivity index (χ3v) is 9.60. The minimum Gasteiger partial charge on any atom is -0.0995 e. The van der Waals surface area contributed by atoms with E-state index in [1.165, 1.54) is 15.4 Å². The molecular formula is C14H16S3. The second kappa shape index (κ2) is 3.75. The van der Waals surface area contributed by atoms with Crippen molar-refractivity contribution in [2.24, 2.45) is 5.41 Å². The molecule has 0 amide bonds. The van der Waals surface area contributed by atoms with Gasteiger partial charge in [-0.3, -0.25) is 0 Å². The molecule has 17 heavy (non-hydrogen) atoms. The van der Waals surface area contributed by atoms with E-state index in [0.717, 1.165) is 0 Å². The fourth-order valence-electron chi connectivity index (χ4n) is 2.44. The summed E-state index contributed by atoms with van der Waals surface area (Å²) in [5, 5.41) is 0. The van der Waals surface area contributed by atoms with Crippen LogP contribution in [-0.4, -0.2) is 3.41 Å². The Morgan fingerprint density at radius 2 is 1.47 bits per heavy atom. The van der Waals surface area contributed by atoms with Crippen molar-refractivity contribution in [2.45, 2.75) is 40.9 Å². The molecule has 3 rings (SSSR count). The molecule has 1 spiro atoms. The normalized spacial score (nSPS) is 23.4. The van der Waals surface area contributed by atoms with Gasteiger partial charge >= 0.3 is 0 Å². The molecule has 0 N–H and O–H groups in total. The number of hydrogen-bond acceptors (Lipinski definition) is 3. The molecule has 3 heteroatoms. The van der Waals surface area contributed by atoms with Crippen LogP contribution in [0.25, 0.3) is 0 Å². The van der Waals surface area contributed by atoms with E-state index in [1.54, 1.807) is 4.91 Å². The third kappa shape index (κ3) is 1.55. The van der Waals surface area contributed by atoms with Gasteiger partial charge in [0, 0.05) is 15.2 Å². The first-order valence-corrected chi connectivity index (χ1v) is 8.25. The molecule has 0 nitrogen and oxygen atoms in total. The van der Waals surface area contributed by atoms with E-state index in [-0.39, 0.29) is 8.83 Å². The predicted octanol–water partition coefficient (Wildman–Crippen LogP) is 5.61. The van der Waals surface area contributed by atoms with Crippen LogP contribution in [0.15, 0.2) is 44.5 Å². The summed E-state index contributed by atoms with van der Waals surface area (Å²) in [4.78, 5) is 4.47. The van der Waals surface area contributed by atoms with Gasteiger partial charge in [0.15, 0.2) is 0 Å². The largest absolute Gasteiger partial charge is 0.129 e. The van der Waals surface area contributed by atoms with E-state index in [9.17, 15) is 0 Å². The Labute approximate surface area is 116 Å². The summed E-state index contributed by atoms with van der Waals surface area (Å²) in [5.74, 6) is 0. The molecule has 1 fully saturated rings. The second-order valence-corrected chi connectivity index (χ2v) is 9.78. The summed E-state index contributed by atoms with van der Waals surface area (Å²) < 4.78 is 0.267. The van der Waals surface area contributed by atoms with Gasteiger partial charge in [-0.05, 0) is 30.9 Å². The molecule has 1 aromatic rings. The summed E-state index contributed by atoms with van der Waals surface area (Å²) in [6, 6.07) is 8.78. The first-order valence-electron chi connectivity index (χ1n) is 5.80. The fraction of sp³-hybridized carbons (Fsp3) is 0.429. The average Bonchev–Trinajstić information content (AvgIpc) is 2.67. The van der Waals surface area contributed by atoms with Crippen LogP contribution < -0.4 is 0 Å². The lowest BCUT2D eigenvalue weighted by Crippen LogP contribution is -2.44. The monoisotopic (exact) mass is 280 g/mol. The Kier molecular flexibility index (Phi) is 2.66. The number of allylic oxidation sites excluding steroid dienone is 2. The highest BCUT2D eigenvalue weighted by Crippen LogP contribution is 2.79. The minimum absolute atomic E-state index is 0.267. The number of benzene rings is 1. The molecular weight excluding hydrogens is 264 g/mol. The molecule has 2 heterocycles. The van der Waals surface area contributed by atoms with E-state index in [1.807, 2.05) is 23.5 Å². The van der Waals surface area contributed by atoms with Gasteiger partial charge in [-0.25, -0.2) is 0 Å². The molecule has 1 saturated heterocycles. The van der Waals surface area contributed by atoms with E-state index in [0.29, 0.717) is 0 Å². The van der Waals surface area contributed by atoms with E-state index < -0.39 is 0 Å². The molecule has 1 aromatic carbocycles. The fourth-order valence-corrected chi connectivity index (χ4v) is 7.90. The van der Waals surface area contributed by atoms with Gasteiger partial charge in [-0.2, -0.15) is 0 Å². The number of rotatable bonds is 0. The maximum Gasteiger partial charge on any atom is 0.129 e. The highest BCUT2D eigenvalue weighted by atomic mass is 32.3. The smallest absolute Gasteiger partial charge is 0.0995 e. The van der Waals surface area contributed by atoms with Crippen LogP contribution in [0.3, 0.4) is 0 Å². The molecule has 90 valence electrons. The lowest BCUT2D eigenvalue weighted by Gasteiger charge is -2.54. The van der Waals surface area contributed by atoms with Gasteiger partial charge in [0.1, 0.15) is 3.41 Å². The van der Waals surface area contributed by atoms with Gasteiger partial charge in [0.2, 0.25) is 0 Å². The summed E-state index contributed by atoms with van der Waals surface area (Å²) in [6.45, 7) is 9.23. The Bertz CT molecular complexity index is 485. The van der Waals surface area contributed by atoms with Crippen molar-refractivity contribution >= 4 is 35.3 Å². The van der Waals surface area contributed by atoms with Crippen LogP contribution in [0.2, 0.25) is 0 Å². The zero-order valence-corrected chi connectivity index (χ0v) is 13.0. The van der Waals surface area contributed by atoms with E-state index in [2.05, 4.69) is 63.7 Å². The van der Waals surface area contributed by atoms with Gasteiger partial charge in [0.05, 0.1) is 0 Å². The Balaban J connectivity index is 1.98. The second-order valence-electron chi connectivity index (χ2n) is 5.26. The lowest BCUT2D eigenvalue weighted by molar-refractivity contribution is 0.468. The first kappa shape index (κ1) is 12.1. The first-order chi connectivity index (χ1) is 7.96. The van der Waals surface area contributed by atoms with Crippen molar-refractivity contribution in [3.05, 3.63) is 34.7 Å². The summed E-state index contributed by atoms with van der Waals surface area (Å²) in [7, 11) is 0. The molecule has 0 saturated carbocycles. The van der Waals surface area contributed by atoms with Crippen molar-refractivity contribution < 1.29 is 0 Å². The highest BCUT2D eigenvalue weighted by Gasteiger charge is 2.62. The maximum atomic E-state index is 2.39. The molecule has 0 unspecified atom stereocenters. The summed E-state index contributed by atoms with van der Waals surface area (Å²) in [6.07, 6.45) is 0. The number of fused-ring (bicyclic) bond motifs is 1. The van der Waals surface area contributed by atoms with Gasteiger partial charge in [-0.15, -0.1) is 0 Å². The van der Waals surface area contributed by atoms with Crippen molar-refractivity contribution in [2.75, 3.05) is 0 Å². The number of thioether (sulfide) groups is 3. The van der Waals surface area contributed by atoms with Crippen LogP contribution in [-0.2, 0) is 0 Å². The zero-order valence-electron chi connectivity index (χ0n) is 10.5. The molecule has 0 aromatic heterocycles. The quantitative estimate of drug-likeness (QED) is 0.606. The summed E-state index contributed by atoms with van der Waals surface area (Å²) in [5.41, 5.74) is 1.76. The van der Waals surface area contributed by atoms with Crippen LogP contribution in [0.5, 0.6) is 0 Å². The number of hydrogen-bond donors (Lipinski definition) is 0. The Morgan fingerprint density at radius 1 is 0.941 bits per heavy atom. The van der Waals surface area contributed by atoms with Gasteiger partial charge in [-0.1, -0.05) is 66.8 Å². The van der Waals surface area contributed by atoms with Crippen LogP contribution in [0.4, 0.5) is 0 Å². The molecule has 0 aliphatic carbocycles. The molecule has 2 aliphatic heterocycles. The van der Waals surface area contributed by atoms with Crippen LogP contribution >= 0.6 is 35.3 Å². The van der Waals surface area contributed by atoms with Crippen LogP contribution in [0, 0.1) is 5.41 Å². The van der Waals surface area contributed by atoms with Crippen LogP contribution in [0.1, 0.15) is 27.7 Å². The molecule has 2 aliphatic rings.